The SMILES string of the molecule is Cc1cc(C2CCCN2C(=O)c2c(C)nn3ncccc23)on1. The van der Waals surface area contributed by atoms with Crippen LogP contribution in [0.5, 0.6) is 0 Å². The van der Waals surface area contributed by atoms with Crippen molar-refractivity contribution >= 4 is 11.4 Å². The Morgan fingerprint density at radius 2 is 2.26 bits per heavy atom. The van der Waals surface area contributed by atoms with Crippen molar-refractivity contribution in [2.75, 3.05) is 6.54 Å². The van der Waals surface area contributed by atoms with E-state index in [9.17, 15) is 4.79 Å². The third kappa shape index (κ3) is 2.19. The van der Waals surface area contributed by atoms with E-state index in [1.54, 1.807) is 6.20 Å². The monoisotopic (exact) mass is 311 g/mol. The van der Waals surface area contributed by atoms with Crippen LogP contribution in [0.4, 0.5) is 0 Å². The number of nitrogens with zero attached hydrogens (tertiary/aromatic N) is 5. The summed E-state index contributed by atoms with van der Waals surface area (Å²) < 4.78 is 6.89. The molecule has 0 spiro atoms. The first-order valence-electron chi connectivity index (χ1n) is 7.70. The zero-order chi connectivity index (χ0) is 16.0. The summed E-state index contributed by atoms with van der Waals surface area (Å²) in [4.78, 5) is 15.0. The summed E-state index contributed by atoms with van der Waals surface area (Å²) in [6.07, 6.45) is 3.49. The first-order valence-corrected chi connectivity index (χ1v) is 7.70. The molecule has 0 radical (unpaired) electrons. The molecule has 0 bridgehead atoms. The van der Waals surface area contributed by atoms with Crippen LogP contribution in [0, 0.1) is 13.8 Å². The van der Waals surface area contributed by atoms with Crippen molar-refractivity contribution in [3.63, 3.8) is 0 Å². The largest absolute Gasteiger partial charge is 0.359 e. The molecule has 1 aliphatic heterocycles. The highest BCUT2D eigenvalue weighted by atomic mass is 16.5. The van der Waals surface area contributed by atoms with E-state index in [2.05, 4.69) is 15.4 Å². The Morgan fingerprint density at radius 1 is 1.39 bits per heavy atom. The summed E-state index contributed by atoms with van der Waals surface area (Å²) in [7, 11) is 0. The van der Waals surface area contributed by atoms with Crippen molar-refractivity contribution in [2.24, 2.45) is 0 Å². The van der Waals surface area contributed by atoms with Gasteiger partial charge in [0.1, 0.15) is 5.52 Å². The van der Waals surface area contributed by atoms with Crippen LogP contribution in [0.2, 0.25) is 0 Å². The number of carbonyl (C=O) groups excluding carboxylic acids is 1. The molecule has 1 saturated heterocycles. The van der Waals surface area contributed by atoms with E-state index in [-0.39, 0.29) is 11.9 Å². The number of hydrogen-bond acceptors (Lipinski definition) is 5. The van der Waals surface area contributed by atoms with Crippen LogP contribution in [-0.2, 0) is 0 Å². The zero-order valence-electron chi connectivity index (χ0n) is 13.1. The molecule has 0 aromatic carbocycles. The standard InChI is InChI=1S/C16H17N5O2/c1-10-9-14(23-19-10)12-6-4-8-20(12)16(22)15-11(2)18-21-13(15)5-3-7-17-21/h3,5,7,9,12H,4,6,8H2,1-2H3. The van der Waals surface area contributed by atoms with Crippen LogP contribution in [0.15, 0.2) is 28.9 Å². The van der Waals surface area contributed by atoms with Crippen LogP contribution >= 0.6 is 0 Å². The lowest BCUT2D eigenvalue weighted by Crippen LogP contribution is -2.30. The lowest BCUT2D eigenvalue weighted by atomic mass is 10.1. The van der Waals surface area contributed by atoms with E-state index in [0.29, 0.717) is 17.8 Å². The highest BCUT2D eigenvalue weighted by Crippen LogP contribution is 2.34. The molecule has 23 heavy (non-hydrogen) atoms. The van der Waals surface area contributed by atoms with Gasteiger partial charge < -0.3 is 9.42 Å². The maximum atomic E-state index is 13.1. The van der Waals surface area contributed by atoms with Gasteiger partial charge in [-0.05, 0) is 38.8 Å². The first-order chi connectivity index (χ1) is 11.1. The quantitative estimate of drug-likeness (QED) is 0.726. The highest BCUT2D eigenvalue weighted by Gasteiger charge is 2.35. The second kappa shape index (κ2) is 5.19. The Morgan fingerprint density at radius 3 is 3.04 bits per heavy atom. The van der Waals surface area contributed by atoms with Crippen molar-refractivity contribution in [1.82, 2.24) is 24.9 Å². The maximum Gasteiger partial charge on any atom is 0.258 e. The molecule has 0 aliphatic carbocycles. The first kappa shape index (κ1) is 13.9. The lowest BCUT2D eigenvalue weighted by Gasteiger charge is -2.22. The van der Waals surface area contributed by atoms with E-state index < -0.39 is 0 Å². The molecule has 4 heterocycles. The molecule has 3 aromatic heterocycles. The fourth-order valence-corrected chi connectivity index (χ4v) is 3.26. The topological polar surface area (TPSA) is 76.5 Å². The maximum absolute atomic E-state index is 13.1. The van der Waals surface area contributed by atoms with Gasteiger partial charge >= 0.3 is 0 Å². The number of rotatable bonds is 2. The van der Waals surface area contributed by atoms with E-state index in [1.807, 2.05) is 36.9 Å². The number of likely N-dealkylation sites (tertiary alicyclic amines) is 1. The highest BCUT2D eigenvalue weighted by molar-refractivity contribution is 6.02. The summed E-state index contributed by atoms with van der Waals surface area (Å²) in [6.45, 7) is 4.43. The second-order valence-corrected chi connectivity index (χ2v) is 5.89. The molecule has 3 aromatic rings. The third-order valence-corrected chi connectivity index (χ3v) is 4.30. The van der Waals surface area contributed by atoms with Gasteiger partial charge in [0.25, 0.3) is 5.91 Å². The minimum Gasteiger partial charge on any atom is -0.359 e. The summed E-state index contributed by atoms with van der Waals surface area (Å²) in [5, 5.41) is 12.4. The van der Waals surface area contributed by atoms with Crippen molar-refractivity contribution in [1.29, 1.82) is 0 Å². The Labute approximate surface area is 132 Å². The molecule has 1 atom stereocenters. The molecule has 7 nitrogen and oxygen atoms in total. The van der Waals surface area contributed by atoms with Gasteiger partial charge in [-0.3, -0.25) is 4.79 Å². The van der Waals surface area contributed by atoms with E-state index in [1.165, 1.54) is 4.63 Å². The third-order valence-electron chi connectivity index (χ3n) is 4.30. The molecule has 1 unspecified atom stereocenters. The number of carbonyl (C=O) groups is 1. The molecule has 0 N–H and O–H groups in total. The second-order valence-electron chi connectivity index (χ2n) is 5.89. The fourth-order valence-electron chi connectivity index (χ4n) is 3.26. The Bertz CT molecular complexity index is 882. The zero-order valence-corrected chi connectivity index (χ0v) is 13.1. The predicted octanol–water partition coefficient (Wildman–Crippen LogP) is 2.31. The minimum absolute atomic E-state index is 0.0259. The lowest BCUT2D eigenvalue weighted by molar-refractivity contribution is 0.0716. The average molecular weight is 311 g/mol. The molecular formula is C16H17N5O2. The normalized spacial score (nSPS) is 18.0. The average Bonchev–Trinajstić information content (AvgIpc) is 3.23. The van der Waals surface area contributed by atoms with Crippen molar-refractivity contribution < 1.29 is 9.32 Å². The predicted molar refractivity (Wildman–Crippen MR) is 82.0 cm³/mol. The fraction of sp³-hybridized carbons (Fsp3) is 0.375. The van der Waals surface area contributed by atoms with Crippen LogP contribution in [-0.4, -0.2) is 37.3 Å². The van der Waals surface area contributed by atoms with Gasteiger partial charge in [0.2, 0.25) is 0 Å². The van der Waals surface area contributed by atoms with Gasteiger partial charge in [0.05, 0.1) is 23.0 Å². The molecule has 7 heteroatoms. The van der Waals surface area contributed by atoms with E-state index in [4.69, 9.17) is 4.52 Å². The number of hydrogen-bond donors (Lipinski definition) is 0. The van der Waals surface area contributed by atoms with Crippen LogP contribution in [0.25, 0.3) is 5.52 Å². The summed E-state index contributed by atoms with van der Waals surface area (Å²) in [5.41, 5.74) is 2.86. The van der Waals surface area contributed by atoms with Gasteiger partial charge in [-0.25, -0.2) is 0 Å². The molecule has 1 amide bonds. The van der Waals surface area contributed by atoms with E-state index in [0.717, 1.165) is 29.8 Å². The van der Waals surface area contributed by atoms with Gasteiger partial charge in [0.15, 0.2) is 5.76 Å². The molecule has 1 fully saturated rings. The summed E-state index contributed by atoms with van der Waals surface area (Å²) in [6, 6.07) is 5.52. The van der Waals surface area contributed by atoms with Gasteiger partial charge in [-0.15, -0.1) is 0 Å². The number of amides is 1. The summed E-state index contributed by atoms with van der Waals surface area (Å²) >= 11 is 0. The number of aromatic nitrogens is 4. The number of aryl methyl sites for hydroxylation is 2. The number of fused-ring (bicyclic) bond motifs is 1. The smallest absolute Gasteiger partial charge is 0.258 e. The van der Waals surface area contributed by atoms with Crippen molar-refractivity contribution in [2.45, 2.75) is 32.7 Å². The molecular weight excluding hydrogens is 294 g/mol. The van der Waals surface area contributed by atoms with Crippen LogP contribution in [0.1, 0.15) is 46.4 Å². The van der Waals surface area contributed by atoms with Crippen LogP contribution < -0.4 is 0 Å². The molecule has 0 saturated carbocycles. The summed E-state index contributed by atoms with van der Waals surface area (Å²) in [5.74, 6) is 0.725. The molecule has 118 valence electrons. The van der Waals surface area contributed by atoms with Crippen LogP contribution in [0.3, 0.4) is 0 Å². The van der Waals surface area contributed by atoms with E-state index >= 15 is 0 Å². The Balaban J connectivity index is 1.74. The van der Waals surface area contributed by atoms with Crippen molar-refractivity contribution in [3.8, 4) is 0 Å². The van der Waals surface area contributed by atoms with Gasteiger partial charge in [0, 0.05) is 18.8 Å². The van der Waals surface area contributed by atoms with Crippen molar-refractivity contribution in [3.05, 3.63) is 47.1 Å². The molecule has 4 rings (SSSR count). The Hall–Kier alpha value is -2.70. The molecule has 1 aliphatic rings. The minimum atomic E-state index is -0.0604. The van der Waals surface area contributed by atoms with Gasteiger partial charge in [-0.2, -0.15) is 14.8 Å². The van der Waals surface area contributed by atoms with Gasteiger partial charge in [-0.1, -0.05) is 5.16 Å². The Kier molecular flexibility index (Phi) is 3.14.